The van der Waals surface area contributed by atoms with Crippen LogP contribution in [-0.4, -0.2) is 16.2 Å². The van der Waals surface area contributed by atoms with Crippen LogP contribution in [-0.2, 0) is 18.5 Å². The predicted molar refractivity (Wildman–Crippen MR) is 105 cm³/mol. The smallest absolute Gasteiger partial charge is 0.261 e. The predicted octanol–water partition coefficient (Wildman–Crippen LogP) is 4.04. The summed E-state index contributed by atoms with van der Waals surface area (Å²) in [5.74, 6) is 1.93. The quantitative estimate of drug-likeness (QED) is 0.728. The summed E-state index contributed by atoms with van der Waals surface area (Å²) >= 11 is 0. The molecule has 1 saturated carbocycles. The maximum Gasteiger partial charge on any atom is 0.261 e. The Bertz CT molecular complexity index is 947. The van der Waals surface area contributed by atoms with Gasteiger partial charge < -0.3 is 19.6 Å². The molecule has 27 heavy (non-hydrogen) atoms. The molecule has 2 aliphatic rings. The van der Waals surface area contributed by atoms with Gasteiger partial charge in [-0.1, -0.05) is 23.4 Å². The summed E-state index contributed by atoms with van der Waals surface area (Å²) in [5.41, 5.74) is 9.39. The summed E-state index contributed by atoms with van der Waals surface area (Å²) in [6.45, 7) is 2.91. The normalized spacial score (nSPS) is 20.1. The van der Waals surface area contributed by atoms with Crippen molar-refractivity contribution in [2.75, 3.05) is 4.90 Å². The van der Waals surface area contributed by atoms with Crippen molar-refractivity contribution in [1.82, 2.24) is 10.1 Å². The molecule has 1 aliphatic heterocycles. The van der Waals surface area contributed by atoms with Crippen molar-refractivity contribution in [2.24, 2.45) is 5.73 Å². The highest BCUT2D eigenvalue weighted by Crippen LogP contribution is 2.39. The van der Waals surface area contributed by atoms with E-state index in [0.29, 0.717) is 24.3 Å². The molecule has 0 spiro atoms. The van der Waals surface area contributed by atoms with Crippen LogP contribution in [0.2, 0.25) is 0 Å². The van der Waals surface area contributed by atoms with E-state index < -0.39 is 5.54 Å². The molecular weight excluding hydrogens is 364 g/mol. The zero-order valence-electron chi connectivity index (χ0n) is 15.2. The Morgan fingerprint density at radius 2 is 2.07 bits per heavy atom. The van der Waals surface area contributed by atoms with E-state index >= 15 is 0 Å². The SMILES string of the molecule is CC1Cc2ccccc2N1Cc1occc1-c1nc(C2(N)CCC2)no1.Cl. The Hall–Kier alpha value is -2.31. The minimum atomic E-state index is -0.423. The summed E-state index contributed by atoms with van der Waals surface area (Å²) < 4.78 is 11.3. The van der Waals surface area contributed by atoms with Crippen molar-refractivity contribution in [3.63, 3.8) is 0 Å². The van der Waals surface area contributed by atoms with Crippen molar-refractivity contribution in [1.29, 1.82) is 0 Å². The Morgan fingerprint density at radius 3 is 2.85 bits per heavy atom. The molecule has 0 amide bonds. The van der Waals surface area contributed by atoms with Crippen molar-refractivity contribution in [3.8, 4) is 11.5 Å². The number of furan rings is 1. The van der Waals surface area contributed by atoms with Crippen LogP contribution in [0.1, 0.15) is 43.3 Å². The van der Waals surface area contributed by atoms with Crippen LogP contribution in [0.5, 0.6) is 0 Å². The molecular formula is C20H23ClN4O2. The number of nitrogens with two attached hydrogens (primary N) is 1. The number of halogens is 1. The largest absolute Gasteiger partial charge is 0.467 e. The number of hydrogen-bond donors (Lipinski definition) is 1. The first-order chi connectivity index (χ1) is 12.6. The van der Waals surface area contributed by atoms with Gasteiger partial charge in [0, 0.05) is 11.7 Å². The molecule has 6 nitrogen and oxygen atoms in total. The highest BCUT2D eigenvalue weighted by molar-refractivity contribution is 5.85. The zero-order valence-corrected chi connectivity index (χ0v) is 16.0. The fraction of sp³-hybridized carbons (Fsp3) is 0.400. The number of fused-ring (bicyclic) bond motifs is 1. The molecule has 5 rings (SSSR count). The van der Waals surface area contributed by atoms with Crippen LogP contribution >= 0.6 is 12.4 Å². The maximum atomic E-state index is 6.32. The van der Waals surface area contributed by atoms with E-state index in [-0.39, 0.29) is 12.4 Å². The Morgan fingerprint density at radius 1 is 1.26 bits per heavy atom. The summed E-state index contributed by atoms with van der Waals surface area (Å²) in [6.07, 6.45) is 5.66. The lowest BCUT2D eigenvalue weighted by atomic mass is 9.77. The molecule has 1 aromatic carbocycles. The number of aromatic nitrogens is 2. The van der Waals surface area contributed by atoms with Crippen molar-refractivity contribution < 1.29 is 8.94 Å². The van der Waals surface area contributed by atoms with Crippen molar-refractivity contribution in [3.05, 3.63) is 53.7 Å². The fourth-order valence-electron chi connectivity index (χ4n) is 4.00. The third-order valence-corrected chi connectivity index (χ3v) is 5.76. The molecule has 1 fully saturated rings. The monoisotopic (exact) mass is 386 g/mol. The Balaban J connectivity index is 0.00000180. The van der Waals surface area contributed by atoms with Crippen LogP contribution in [0, 0.1) is 0 Å². The van der Waals surface area contributed by atoms with Crippen LogP contribution in [0.25, 0.3) is 11.5 Å². The average Bonchev–Trinajstić information content (AvgIpc) is 3.32. The third-order valence-electron chi connectivity index (χ3n) is 5.76. The molecule has 142 valence electrons. The molecule has 1 atom stereocenters. The van der Waals surface area contributed by atoms with Gasteiger partial charge in [-0.15, -0.1) is 12.4 Å². The van der Waals surface area contributed by atoms with E-state index in [1.54, 1.807) is 6.26 Å². The second-order valence-corrected chi connectivity index (χ2v) is 7.50. The lowest BCUT2D eigenvalue weighted by Crippen LogP contribution is -2.44. The first kappa shape index (κ1) is 18.1. The van der Waals surface area contributed by atoms with Crippen LogP contribution in [0.3, 0.4) is 0 Å². The number of rotatable bonds is 4. The lowest BCUT2D eigenvalue weighted by Gasteiger charge is -2.34. The van der Waals surface area contributed by atoms with E-state index in [9.17, 15) is 0 Å². The van der Waals surface area contributed by atoms with Crippen molar-refractivity contribution in [2.45, 2.75) is 50.7 Å². The van der Waals surface area contributed by atoms with Gasteiger partial charge in [0.05, 0.1) is 23.9 Å². The van der Waals surface area contributed by atoms with E-state index in [1.165, 1.54) is 11.3 Å². The van der Waals surface area contributed by atoms with Crippen molar-refractivity contribution >= 4 is 18.1 Å². The topological polar surface area (TPSA) is 81.3 Å². The van der Waals surface area contributed by atoms with Gasteiger partial charge in [-0.3, -0.25) is 0 Å². The molecule has 0 saturated heterocycles. The van der Waals surface area contributed by atoms with Crippen LogP contribution < -0.4 is 10.6 Å². The van der Waals surface area contributed by atoms with E-state index in [4.69, 9.17) is 14.7 Å². The molecule has 2 aromatic heterocycles. The van der Waals surface area contributed by atoms with E-state index in [2.05, 4.69) is 46.2 Å². The minimum absolute atomic E-state index is 0. The van der Waals surface area contributed by atoms with Crippen LogP contribution in [0.15, 0.2) is 45.5 Å². The lowest BCUT2D eigenvalue weighted by molar-refractivity contribution is 0.229. The first-order valence-corrected chi connectivity index (χ1v) is 9.18. The van der Waals surface area contributed by atoms with E-state index in [0.717, 1.165) is 37.0 Å². The maximum absolute atomic E-state index is 6.32. The molecule has 0 radical (unpaired) electrons. The summed E-state index contributed by atoms with van der Waals surface area (Å²) in [4.78, 5) is 6.93. The number of hydrogen-bond acceptors (Lipinski definition) is 6. The molecule has 2 N–H and O–H groups in total. The molecule has 7 heteroatoms. The zero-order chi connectivity index (χ0) is 17.7. The van der Waals surface area contributed by atoms with Gasteiger partial charge in [-0.2, -0.15) is 4.98 Å². The Kier molecular flexibility index (Phi) is 4.48. The van der Waals surface area contributed by atoms with E-state index in [1.807, 2.05) is 6.07 Å². The van der Waals surface area contributed by atoms with Crippen LogP contribution in [0.4, 0.5) is 5.69 Å². The van der Waals surface area contributed by atoms with Gasteiger partial charge in [0.1, 0.15) is 5.76 Å². The second-order valence-electron chi connectivity index (χ2n) is 7.50. The van der Waals surface area contributed by atoms with Gasteiger partial charge in [-0.25, -0.2) is 0 Å². The summed E-state index contributed by atoms with van der Waals surface area (Å²) in [7, 11) is 0. The minimum Gasteiger partial charge on any atom is -0.467 e. The average molecular weight is 387 g/mol. The summed E-state index contributed by atoms with van der Waals surface area (Å²) in [5, 5.41) is 4.12. The molecule has 3 aromatic rings. The highest BCUT2D eigenvalue weighted by Gasteiger charge is 2.39. The molecule has 3 heterocycles. The fourth-order valence-corrected chi connectivity index (χ4v) is 4.00. The number of anilines is 1. The van der Waals surface area contributed by atoms with Gasteiger partial charge >= 0.3 is 0 Å². The second kappa shape index (κ2) is 6.69. The molecule has 0 bridgehead atoms. The molecule has 1 unspecified atom stereocenters. The van der Waals surface area contributed by atoms with Gasteiger partial charge in [0.15, 0.2) is 5.82 Å². The molecule has 1 aliphatic carbocycles. The Labute approximate surface area is 164 Å². The standard InChI is InChI=1S/C20H22N4O2.ClH/c1-13-11-14-5-2-3-6-16(14)24(13)12-17-15(7-10-25-17)18-22-19(23-26-18)20(21)8-4-9-20;/h2-3,5-7,10,13H,4,8-9,11-12,21H2,1H3;1H. The number of benzene rings is 1. The van der Waals surface area contributed by atoms with Gasteiger partial charge in [-0.05, 0) is 50.3 Å². The third kappa shape index (κ3) is 2.93. The van der Waals surface area contributed by atoms with Gasteiger partial charge in [0.2, 0.25) is 0 Å². The van der Waals surface area contributed by atoms with Gasteiger partial charge in [0.25, 0.3) is 5.89 Å². The number of para-hydroxylation sites is 1. The highest BCUT2D eigenvalue weighted by atomic mass is 35.5. The first-order valence-electron chi connectivity index (χ1n) is 9.18. The number of nitrogens with zero attached hydrogens (tertiary/aromatic N) is 3. The summed E-state index contributed by atoms with van der Waals surface area (Å²) in [6, 6.07) is 10.8.